The van der Waals surface area contributed by atoms with Crippen molar-refractivity contribution in [1.29, 1.82) is 0 Å². The number of ether oxygens (including phenoxy) is 1. The van der Waals surface area contributed by atoms with Gasteiger partial charge in [-0.2, -0.15) is 0 Å². The monoisotopic (exact) mass is 287 g/mol. The zero-order chi connectivity index (χ0) is 15.2. The van der Waals surface area contributed by atoms with E-state index in [0.717, 1.165) is 0 Å². The minimum atomic E-state index is -0.394. The Kier molecular flexibility index (Phi) is 4.91. The van der Waals surface area contributed by atoms with Gasteiger partial charge in [-0.15, -0.1) is 0 Å². The number of aryl methyl sites for hydroxylation is 1. The Bertz CT molecular complexity index is 702. The number of hydrogen-bond acceptors (Lipinski definition) is 2. The Morgan fingerprint density at radius 3 is 2.76 bits per heavy atom. The lowest BCUT2D eigenvalue weighted by atomic mass is 10.1. The van der Waals surface area contributed by atoms with Gasteiger partial charge in [-0.25, -0.2) is 8.78 Å². The molecule has 0 spiro atoms. The van der Waals surface area contributed by atoms with Crippen molar-refractivity contribution < 1.29 is 13.5 Å². The lowest BCUT2D eigenvalue weighted by molar-refractivity contribution is 0.289. The zero-order valence-electron chi connectivity index (χ0n) is 11.6. The Hall–Kier alpha value is -2.38. The fourth-order valence-corrected chi connectivity index (χ4v) is 1.82. The van der Waals surface area contributed by atoms with Crippen LogP contribution in [0.25, 0.3) is 0 Å². The van der Waals surface area contributed by atoms with Crippen LogP contribution in [0.4, 0.5) is 8.78 Å². The number of nitrogens with two attached hydrogens (primary N) is 1. The largest absolute Gasteiger partial charge is 0.486 e. The molecule has 0 bridgehead atoms. The molecule has 0 saturated heterocycles. The van der Waals surface area contributed by atoms with Crippen molar-refractivity contribution in [2.24, 2.45) is 5.73 Å². The standard InChI is InChI=1S/C17H15F2NO/c1-12-4-2-6-16(17(12)19)21-11-14-7-8-15(18)10-13(14)5-3-9-20/h2,4,6-8,10H,9,11,20H2,1H3. The Labute approximate surface area is 122 Å². The van der Waals surface area contributed by atoms with Crippen LogP contribution in [0.15, 0.2) is 36.4 Å². The fraction of sp³-hybridized carbons (Fsp3) is 0.176. The molecule has 0 fully saturated rings. The second-order valence-corrected chi connectivity index (χ2v) is 4.48. The van der Waals surface area contributed by atoms with Crippen LogP contribution in [0.5, 0.6) is 5.75 Å². The average molecular weight is 287 g/mol. The molecule has 2 N–H and O–H groups in total. The Morgan fingerprint density at radius 1 is 1.19 bits per heavy atom. The van der Waals surface area contributed by atoms with Crippen molar-refractivity contribution in [3.05, 3.63) is 64.7 Å². The maximum Gasteiger partial charge on any atom is 0.167 e. The summed E-state index contributed by atoms with van der Waals surface area (Å²) in [4.78, 5) is 0. The van der Waals surface area contributed by atoms with Crippen LogP contribution < -0.4 is 10.5 Å². The normalized spacial score (nSPS) is 9.90. The Morgan fingerprint density at radius 2 is 2.00 bits per heavy atom. The van der Waals surface area contributed by atoms with Crippen LogP contribution in [0.2, 0.25) is 0 Å². The van der Waals surface area contributed by atoms with Gasteiger partial charge in [-0.3, -0.25) is 0 Å². The second-order valence-electron chi connectivity index (χ2n) is 4.48. The molecule has 2 aromatic carbocycles. The van der Waals surface area contributed by atoms with E-state index in [9.17, 15) is 8.78 Å². The highest BCUT2D eigenvalue weighted by Gasteiger charge is 2.08. The second kappa shape index (κ2) is 6.87. The molecule has 0 aliphatic heterocycles. The maximum absolute atomic E-state index is 13.8. The lowest BCUT2D eigenvalue weighted by Crippen LogP contribution is -2.01. The number of hydrogen-bond donors (Lipinski definition) is 1. The molecular weight excluding hydrogens is 272 g/mol. The van der Waals surface area contributed by atoms with Gasteiger partial charge in [0.15, 0.2) is 11.6 Å². The van der Waals surface area contributed by atoms with Crippen LogP contribution in [0, 0.1) is 30.4 Å². The van der Waals surface area contributed by atoms with Crippen LogP contribution in [-0.2, 0) is 6.61 Å². The van der Waals surface area contributed by atoms with Crippen molar-refractivity contribution in [1.82, 2.24) is 0 Å². The molecule has 4 heteroatoms. The molecular formula is C17H15F2NO. The zero-order valence-corrected chi connectivity index (χ0v) is 11.6. The molecule has 2 rings (SSSR count). The van der Waals surface area contributed by atoms with Crippen LogP contribution >= 0.6 is 0 Å². The van der Waals surface area contributed by atoms with Crippen molar-refractivity contribution in [3.8, 4) is 17.6 Å². The summed E-state index contributed by atoms with van der Waals surface area (Å²) in [7, 11) is 0. The molecule has 0 radical (unpaired) electrons. The van der Waals surface area contributed by atoms with Crippen LogP contribution in [0.3, 0.4) is 0 Å². The van der Waals surface area contributed by atoms with Gasteiger partial charge in [-0.05, 0) is 30.7 Å². The number of halogens is 2. The first kappa shape index (κ1) is 15.0. The molecule has 0 atom stereocenters. The van der Waals surface area contributed by atoms with Gasteiger partial charge in [0.2, 0.25) is 0 Å². The molecule has 0 saturated carbocycles. The molecule has 0 amide bonds. The summed E-state index contributed by atoms with van der Waals surface area (Å²) in [6, 6.07) is 9.14. The van der Waals surface area contributed by atoms with Gasteiger partial charge < -0.3 is 10.5 Å². The minimum absolute atomic E-state index is 0.106. The van der Waals surface area contributed by atoms with Gasteiger partial charge in [0.25, 0.3) is 0 Å². The van der Waals surface area contributed by atoms with Crippen LogP contribution in [-0.4, -0.2) is 6.54 Å². The summed E-state index contributed by atoms with van der Waals surface area (Å²) in [6.07, 6.45) is 0. The summed E-state index contributed by atoms with van der Waals surface area (Å²) >= 11 is 0. The summed E-state index contributed by atoms with van der Waals surface area (Å²) in [6.45, 7) is 1.96. The van der Waals surface area contributed by atoms with Gasteiger partial charge in [-0.1, -0.05) is 30.0 Å². The van der Waals surface area contributed by atoms with Crippen molar-refractivity contribution in [2.75, 3.05) is 6.54 Å². The highest BCUT2D eigenvalue weighted by molar-refractivity contribution is 5.42. The molecule has 0 aromatic heterocycles. The first-order valence-electron chi connectivity index (χ1n) is 6.47. The smallest absolute Gasteiger partial charge is 0.167 e. The summed E-state index contributed by atoms with van der Waals surface area (Å²) < 4.78 is 32.6. The third kappa shape index (κ3) is 3.80. The molecule has 0 unspecified atom stereocenters. The lowest BCUT2D eigenvalue weighted by Gasteiger charge is -2.10. The molecule has 0 aliphatic rings. The van der Waals surface area contributed by atoms with E-state index >= 15 is 0 Å². The first-order valence-corrected chi connectivity index (χ1v) is 6.47. The van der Waals surface area contributed by atoms with Crippen molar-refractivity contribution >= 4 is 0 Å². The van der Waals surface area contributed by atoms with E-state index in [1.54, 1.807) is 31.2 Å². The molecule has 2 aromatic rings. The fourth-order valence-electron chi connectivity index (χ4n) is 1.82. The number of benzene rings is 2. The van der Waals surface area contributed by atoms with Gasteiger partial charge in [0, 0.05) is 11.1 Å². The SMILES string of the molecule is Cc1cccc(OCc2ccc(F)cc2C#CCN)c1F. The van der Waals surface area contributed by atoms with E-state index in [1.807, 2.05) is 0 Å². The van der Waals surface area contributed by atoms with E-state index in [-0.39, 0.29) is 24.7 Å². The minimum Gasteiger partial charge on any atom is -0.486 e. The topological polar surface area (TPSA) is 35.2 Å². The van der Waals surface area contributed by atoms with Gasteiger partial charge >= 0.3 is 0 Å². The van der Waals surface area contributed by atoms with E-state index in [1.165, 1.54) is 12.1 Å². The van der Waals surface area contributed by atoms with Crippen LogP contribution in [0.1, 0.15) is 16.7 Å². The Balaban J connectivity index is 2.22. The predicted molar refractivity (Wildman–Crippen MR) is 77.8 cm³/mol. The molecule has 2 nitrogen and oxygen atoms in total. The van der Waals surface area contributed by atoms with E-state index in [0.29, 0.717) is 16.7 Å². The van der Waals surface area contributed by atoms with Gasteiger partial charge in [0.1, 0.15) is 12.4 Å². The molecule has 0 heterocycles. The van der Waals surface area contributed by atoms with Gasteiger partial charge in [0.05, 0.1) is 6.54 Å². The van der Waals surface area contributed by atoms with Crippen molar-refractivity contribution in [3.63, 3.8) is 0 Å². The first-order chi connectivity index (χ1) is 10.1. The highest BCUT2D eigenvalue weighted by atomic mass is 19.1. The van der Waals surface area contributed by atoms with E-state index in [2.05, 4.69) is 11.8 Å². The predicted octanol–water partition coefficient (Wildman–Crippen LogP) is 3.16. The quantitative estimate of drug-likeness (QED) is 0.880. The third-order valence-corrected chi connectivity index (χ3v) is 2.94. The summed E-state index contributed by atoms with van der Waals surface area (Å²) in [5.74, 6) is 4.84. The molecule has 108 valence electrons. The number of rotatable bonds is 3. The summed E-state index contributed by atoms with van der Waals surface area (Å²) in [5, 5.41) is 0. The van der Waals surface area contributed by atoms with Crippen molar-refractivity contribution in [2.45, 2.75) is 13.5 Å². The van der Waals surface area contributed by atoms with E-state index in [4.69, 9.17) is 10.5 Å². The molecule has 0 aliphatic carbocycles. The summed E-state index contributed by atoms with van der Waals surface area (Å²) in [5.41, 5.74) is 7.00. The third-order valence-electron chi connectivity index (χ3n) is 2.94. The van der Waals surface area contributed by atoms with E-state index < -0.39 is 5.82 Å². The average Bonchev–Trinajstić information content (AvgIpc) is 2.48. The maximum atomic E-state index is 13.8. The highest BCUT2D eigenvalue weighted by Crippen LogP contribution is 2.21. The molecule has 21 heavy (non-hydrogen) atoms.